The first-order valence-corrected chi connectivity index (χ1v) is 12.2. The van der Waals surface area contributed by atoms with Crippen LogP contribution in [0.15, 0.2) is 47.1 Å². The Bertz CT molecular complexity index is 1280. The minimum absolute atomic E-state index is 0.0721. The predicted molar refractivity (Wildman–Crippen MR) is 139 cm³/mol. The molecule has 1 saturated heterocycles. The number of furan rings is 1. The van der Waals surface area contributed by atoms with Crippen molar-refractivity contribution in [1.29, 1.82) is 0 Å². The van der Waals surface area contributed by atoms with Gasteiger partial charge in [-0.25, -0.2) is 0 Å². The summed E-state index contributed by atoms with van der Waals surface area (Å²) >= 11 is 0. The number of ether oxygens (including phenoxy) is 3. The van der Waals surface area contributed by atoms with Crippen molar-refractivity contribution in [2.45, 2.75) is 33.6 Å². The number of likely N-dealkylation sites (tertiary alicyclic amines) is 1. The summed E-state index contributed by atoms with van der Waals surface area (Å²) < 4.78 is 22.1. The highest BCUT2D eigenvalue weighted by atomic mass is 16.5. The molecular weight excluding hydrogens is 458 g/mol. The SMILES string of the molecule is CCOC(=O)C1CCN(C(=O)/C=C(\C)c2cc3c(-c4ccc(OC)cc4)coc3c(C)c2OC)CC1. The average Bonchev–Trinajstić information content (AvgIpc) is 3.33. The molecule has 1 aliphatic heterocycles. The number of hydrogen-bond acceptors (Lipinski definition) is 6. The number of methoxy groups -OCH3 is 2. The van der Waals surface area contributed by atoms with Gasteiger partial charge in [0.25, 0.3) is 0 Å². The molecule has 0 aliphatic carbocycles. The van der Waals surface area contributed by atoms with E-state index in [1.54, 1.807) is 38.4 Å². The van der Waals surface area contributed by atoms with Gasteiger partial charge in [0.1, 0.15) is 17.1 Å². The standard InChI is InChI=1S/C29H33NO6/c1-6-35-29(32)21-11-13-30(14-12-21)26(31)15-18(2)23-16-24-25(20-7-9-22(33-4)10-8-20)17-36-28(24)19(3)27(23)34-5/h7-10,15-17,21H,6,11-14H2,1-5H3/b18-15+. The van der Waals surface area contributed by atoms with Crippen LogP contribution in [0.25, 0.3) is 27.7 Å². The first-order chi connectivity index (χ1) is 17.4. The summed E-state index contributed by atoms with van der Waals surface area (Å²) in [6, 6.07) is 9.85. The van der Waals surface area contributed by atoms with E-state index < -0.39 is 0 Å². The van der Waals surface area contributed by atoms with Crippen molar-refractivity contribution in [1.82, 2.24) is 4.90 Å². The van der Waals surface area contributed by atoms with Crippen LogP contribution in [0, 0.1) is 12.8 Å². The monoisotopic (exact) mass is 491 g/mol. The number of esters is 1. The summed E-state index contributed by atoms with van der Waals surface area (Å²) in [7, 11) is 3.27. The number of piperidine rings is 1. The zero-order valence-electron chi connectivity index (χ0n) is 21.6. The van der Waals surface area contributed by atoms with Crippen LogP contribution in [-0.4, -0.2) is 50.7 Å². The number of hydrogen-bond donors (Lipinski definition) is 0. The molecule has 0 radical (unpaired) electrons. The van der Waals surface area contributed by atoms with E-state index in [4.69, 9.17) is 18.6 Å². The Hall–Kier alpha value is -3.74. The first-order valence-electron chi connectivity index (χ1n) is 12.2. The Morgan fingerprint density at radius 3 is 2.42 bits per heavy atom. The maximum atomic E-state index is 13.1. The van der Waals surface area contributed by atoms with Gasteiger partial charge >= 0.3 is 5.97 Å². The van der Waals surface area contributed by atoms with E-state index in [9.17, 15) is 9.59 Å². The van der Waals surface area contributed by atoms with Crippen LogP contribution in [0.2, 0.25) is 0 Å². The lowest BCUT2D eigenvalue weighted by atomic mass is 9.95. The molecule has 7 nitrogen and oxygen atoms in total. The zero-order chi connectivity index (χ0) is 25.8. The van der Waals surface area contributed by atoms with Gasteiger partial charge in [-0.05, 0) is 62.9 Å². The summed E-state index contributed by atoms with van der Waals surface area (Å²) in [6.45, 7) is 7.12. The maximum absolute atomic E-state index is 13.1. The molecule has 2 heterocycles. The molecule has 0 N–H and O–H groups in total. The zero-order valence-corrected chi connectivity index (χ0v) is 21.6. The molecule has 0 bridgehead atoms. The number of allylic oxidation sites excluding steroid dienone is 1. The van der Waals surface area contributed by atoms with Crippen molar-refractivity contribution < 1.29 is 28.2 Å². The number of nitrogens with zero attached hydrogens (tertiary/aromatic N) is 1. The van der Waals surface area contributed by atoms with Gasteiger partial charge in [-0.2, -0.15) is 0 Å². The van der Waals surface area contributed by atoms with Crippen molar-refractivity contribution in [2.24, 2.45) is 5.92 Å². The normalized spacial score (nSPS) is 14.7. The average molecular weight is 492 g/mol. The van der Waals surface area contributed by atoms with Gasteiger partial charge in [-0.3, -0.25) is 9.59 Å². The number of rotatable bonds is 7. The Balaban J connectivity index is 1.63. The third-order valence-electron chi connectivity index (χ3n) is 6.84. The number of benzene rings is 2. The number of aryl methyl sites for hydroxylation is 1. The molecule has 3 aromatic rings. The molecule has 2 aromatic carbocycles. The fraction of sp³-hybridized carbons (Fsp3) is 0.379. The van der Waals surface area contributed by atoms with Crippen molar-refractivity contribution in [3.63, 3.8) is 0 Å². The highest BCUT2D eigenvalue weighted by Gasteiger charge is 2.28. The van der Waals surface area contributed by atoms with Gasteiger partial charge in [0, 0.05) is 41.2 Å². The van der Waals surface area contributed by atoms with Gasteiger partial charge in [-0.1, -0.05) is 12.1 Å². The van der Waals surface area contributed by atoms with Gasteiger partial charge in [-0.15, -0.1) is 0 Å². The Morgan fingerprint density at radius 2 is 1.81 bits per heavy atom. The molecule has 36 heavy (non-hydrogen) atoms. The second kappa shape index (κ2) is 10.9. The summed E-state index contributed by atoms with van der Waals surface area (Å²) in [6.07, 6.45) is 4.64. The highest BCUT2D eigenvalue weighted by Crippen LogP contribution is 2.41. The van der Waals surface area contributed by atoms with Crippen LogP contribution in [-0.2, 0) is 14.3 Å². The first kappa shape index (κ1) is 25.4. The van der Waals surface area contributed by atoms with Crippen LogP contribution in [0.1, 0.15) is 37.8 Å². The summed E-state index contributed by atoms with van der Waals surface area (Å²) in [4.78, 5) is 26.9. The molecule has 0 saturated carbocycles. The molecule has 7 heteroatoms. The Labute approximate surface area is 211 Å². The Kier molecular flexibility index (Phi) is 7.67. The minimum Gasteiger partial charge on any atom is -0.497 e. The van der Waals surface area contributed by atoms with Crippen LogP contribution < -0.4 is 9.47 Å². The van der Waals surface area contributed by atoms with E-state index in [1.165, 1.54) is 0 Å². The van der Waals surface area contributed by atoms with Crippen molar-refractivity contribution in [3.8, 4) is 22.6 Å². The van der Waals surface area contributed by atoms with Crippen LogP contribution >= 0.6 is 0 Å². The van der Waals surface area contributed by atoms with E-state index in [2.05, 4.69) is 0 Å². The molecule has 1 fully saturated rings. The van der Waals surface area contributed by atoms with Gasteiger partial charge in [0.05, 0.1) is 33.0 Å². The fourth-order valence-corrected chi connectivity index (χ4v) is 4.82. The summed E-state index contributed by atoms with van der Waals surface area (Å²) in [5.41, 5.74) is 5.23. The minimum atomic E-state index is -0.169. The van der Waals surface area contributed by atoms with Crippen molar-refractivity contribution >= 4 is 28.4 Å². The van der Waals surface area contributed by atoms with Crippen molar-refractivity contribution in [2.75, 3.05) is 33.9 Å². The lowest BCUT2D eigenvalue weighted by Gasteiger charge is -2.30. The largest absolute Gasteiger partial charge is 0.497 e. The highest BCUT2D eigenvalue weighted by molar-refractivity contribution is 6.01. The second-order valence-corrected chi connectivity index (χ2v) is 9.02. The van der Waals surface area contributed by atoms with Gasteiger partial charge in [0.15, 0.2) is 0 Å². The maximum Gasteiger partial charge on any atom is 0.309 e. The van der Waals surface area contributed by atoms with Gasteiger partial charge in [0.2, 0.25) is 5.91 Å². The molecule has 0 unspecified atom stereocenters. The van der Waals surface area contributed by atoms with Crippen LogP contribution in [0.3, 0.4) is 0 Å². The lowest BCUT2D eigenvalue weighted by Crippen LogP contribution is -2.40. The van der Waals surface area contributed by atoms with E-state index in [0.29, 0.717) is 38.3 Å². The molecule has 4 rings (SSSR count). The summed E-state index contributed by atoms with van der Waals surface area (Å²) in [5, 5.41) is 0.948. The van der Waals surface area contributed by atoms with E-state index >= 15 is 0 Å². The van der Waals surface area contributed by atoms with E-state index in [1.807, 2.05) is 44.2 Å². The molecule has 1 amide bonds. The molecular formula is C29H33NO6. The number of carbonyl (C=O) groups excluding carboxylic acids is 2. The van der Waals surface area contributed by atoms with Crippen LogP contribution in [0.4, 0.5) is 0 Å². The number of amides is 1. The Morgan fingerprint density at radius 1 is 1.11 bits per heavy atom. The number of fused-ring (bicyclic) bond motifs is 1. The molecule has 190 valence electrons. The quantitative estimate of drug-likeness (QED) is 0.315. The van der Waals surface area contributed by atoms with E-state index in [-0.39, 0.29) is 17.8 Å². The van der Waals surface area contributed by atoms with E-state index in [0.717, 1.165) is 44.5 Å². The lowest BCUT2D eigenvalue weighted by molar-refractivity contribution is -0.150. The topological polar surface area (TPSA) is 78.2 Å². The molecule has 0 spiro atoms. The third-order valence-corrected chi connectivity index (χ3v) is 6.84. The third kappa shape index (κ3) is 4.96. The molecule has 0 atom stereocenters. The van der Waals surface area contributed by atoms with Crippen molar-refractivity contribution in [3.05, 3.63) is 53.8 Å². The molecule has 1 aromatic heterocycles. The second-order valence-electron chi connectivity index (χ2n) is 9.02. The summed E-state index contributed by atoms with van der Waals surface area (Å²) in [5.74, 6) is 1.09. The smallest absolute Gasteiger partial charge is 0.309 e. The molecule has 1 aliphatic rings. The number of carbonyl (C=O) groups is 2. The predicted octanol–water partition coefficient (Wildman–Crippen LogP) is 5.63. The fourth-order valence-electron chi connectivity index (χ4n) is 4.82. The van der Waals surface area contributed by atoms with Crippen LogP contribution in [0.5, 0.6) is 11.5 Å². The van der Waals surface area contributed by atoms with Gasteiger partial charge < -0.3 is 23.5 Å².